The summed E-state index contributed by atoms with van der Waals surface area (Å²) in [5.41, 5.74) is 2.24. The van der Waals surface area contributed by atoms with Gasteiger partial charge in [0.15, 0.2) is 0 Å². The summed E-state index contributed by atoms with van der Waals surface area (Å²) in [5, 5.41) is 0. The Bertz CT molecular complexity index is 427. The van der Waals surface area contributed by atoms with Crippen LogP contribution in [0.15, 0.2) is 60.7 Å². The maximum absolute atomic E-state index is 11.0. The van der Waals surface area contributed by atoms with Crippen LogP contribution in [0.25, 0.3) is 0 Å². The minimum Gasteiger partial charge on any atom is -0.337 e. The molecule has 0 aromatic heterocycles. The summed E-state index contributed by atoms with van der Waals surface area (Å²) in [6, 6.07) is 20.1. The first-order valence-electron chi connectivity index (χ1n) is 5.60. The topological polar surface area (TPSA) is 20.3 Å². The summed E-state index contributed by atoms with van der Waals surface area (Å²) < 4.78 is 0. The average molecular weight is 225 g/mol. The van der Waals surface area contributed by atoms with Gasteiger partial charge in [0.2, 0.25) is 6.41 Å². The highest BCUT2D eigenvalue weighted by molar-refractivity contribution is 5.50. The van der Waals surface area contributed by atoms with E-state index < -0.39 is 0 Å². The van der Waals surface area contributed by atoms with Crippen LogP contribution in [-0.4, -0.2) is 18.4 Å². The molecule has 2 heteroatoms. The number of amides is 1. The molecule has 0 spiro atoms. The Labute approximate surface area is 102 Å². The SMILES string of the molecule is CN(C=O)C(c1ccccc1)c1ccccc1. The van der Waals surface area contributed by atoms with Crippen molar-refractivity contribution in [2.45, 2.75) is 6.04 Å². The number of benzene rings is 2. The van der Waals surface area contributed by atoms with E-state index in [0.717, 1.165) is 17.5 Å². The predicted molar refractivity (Wildman–Crippen MR) is 68.6 cm³/mol. The average Bonchev–Trinajstić information content (AvgIpc) is 2.41. The van der Waals surface area contributed by atoms with E-state index in [2.05, 4.69) is 0 Å². The second-order valence-electron chi connectivity index (χ2n) is 3.99. The van der Waals surface area contributed by atoms with E-state index in [1.807, 2.05) is 60.7 Å². The van der Waals surface area contributed by atoms with E-state index >= 15 is 0 Å². The highest BCUT2D eigenvalue weighted by atomic mass is 16.1. The van der Waals surface area contributed by atoms with Gasteiger partial charge in [0, 0.05) is 7.05 Å². The van der Waals surface area contributed by atoms with Crippen molar-refractivity contribution >= 4 is 6.41 Å². The molecule has 17 heavy (non-hydrogen) atoms. The van der Waals surface area contributed by atoms with Gasteiger partial charge in [-0.3, -0.25) is 4.79 Å². The summed E-state index contributed by atoms with van der Waals surface area (Å²) in [6.45, 7) is 0. The van der Waals surface area contributed by atoms with E-state index in [1.165, 1.54) is 0 Å². The summed E-state index contributed by atoms with van der Waals surface area (Å²) in [4.78, 5) is 12.7. The lowest BCUT2D eigenvalue weighted by Crippen LogP contribution is -2.23. The first-order valence-corrected chi connectivity index (χ1v) is 5.60. The van der Waals surface area contributed by atoms with Crippen molar-refractivity contribution in [3.05, 3.63) is 71.8 Å². The molecular weight excluding hydrogens is 210 g/mol. The third-order valence-corrected chi connectivity index (χ3v) is 2.80. The molecule has 0 unspecified atom stereocenters. The zero-order chi connectivity index (χ0) is 12.1. The number of carbonyl (C=O) groups is 1. The van der Waals surface area contributed by atoms with Gasteiger partial charge >= 0.3 is 0 Å². The van der Waals surface area contributed by atoms with E-state index in [9.17, 15) is 4.79 Å². The van der Waals surface area contributed by atoms with Gasteiger partial charge in [0.05, 0.1) is 6.04 Å². The van der Waals surface area contributed by atoms with E-state index in [0.29, 0.717) is 0 Å². The predicted octanol–water partition coefficient (Wildman–Crippen LogP) is 2.86. The van der Waals surface area contributed by atoms with Crippen LogP contribution in [0.4, 0.5) is 0 Å². The van der Waals surface area contributed by atoms with Gasteiger partial charge in [-0.2, -0.15) is 0 Å². The molecule has 0 radical (unpaired) electrons. The van der Waals surface area contributed by atoms with Crippen molar-refractivity contribution in [1.82, 2.24) is 4.90 Å². The lowest BCUT2D eigenvalue weighted by molar-refractivity contribution is -0.118. The zero-order valence-electron chi connectivity index (χ0n) is 9.78. The third kappa shape index (κ3) is 2.53. The molecule has 2 rings (SSSR count). The van der Waals surface area contributed by atoms with Gasteiger partial charge in [-0.05, 0) is 11.1 Å². The molecule has 0 bridgehead atoms. The zero-order valence-corrected chi connectivity index (χ0v) is 9.78. The Morgan fingerprint density at radius 1 is 0.882 bits per heavy atom. The van der Waals surface area contributed by atoms with E-state index in [1.54, 1.807) is 11.9 Å². The number of nitrogens with zero attached hydrogens (tertiary/aromatic N) is 1. The fraction of sp³-hybridized carbons (Fsp3) is 0.133. The Balaban J connectivity index is 2.43. The van der Waals surface area contributed by atoms with Gasteiger partial charge in [0.25, 0.3) is 0 Å². The summed E-state index contributed by atoms with van der Waals surface area (Å²) in [7, 11) is 1.80. The smallest absolute Gasteiger partial charge is 0.210 e. The third-order valence-electron chi connectivity index (χ3n) is 2.80. The lowest BCUT2D eigenvalue weighted by atomic mass is 9.98. The van der Waals surface area contributed by atoms with Crippen molar-refractivity contribution < 1.29 is 4.79 Å². The van der Waals surface area contributed by atoms with Crippen LogP contribution in [0.2, 0.25) is 0 Å². The van der Waals surface area contributed by atoms with Crippen LogP contribution in [-0.2, 0) is 4.79 Å². The molecule has 0 aliphatic heterocycles. The van der Waals surface area contributed by atoms with Gasteiger partial charge in [0.1, 0.15) is 0 Å². The van der Waals surface area contributed by atoms with Gasteiger partial charge in [-0.1, -0.05) is 60.7 Å². The Morgan fingerprint density at radius 3 is 1.65 bits per heavy atom. The van der Waals surface area contributed by atoms with Crippen LogP contribution >= 0.6 is 0 Å². The normalized spacial score (nSPS) is 10.2. The molecule has 0 atom stereocenters. The van der Waals surface area contributed by atoms with E-state index in [4.69, 9.17) is 0 Å². The van der Waals surface area contributed by atoms with E-state index in [-0.39, 0.29) is 6.04 Å². The van der Waals surface area contributed by atoms with Crippen molar-refractivity contribution in [2.75, 3.05) is 7.05 Å². The largest absolute Gasteiger partial charge is 0.337 e. The number of carbonyl (C=O) groups excluding carboxylic acids is 1. The molecule has 0 saturated carbocycles. The van der Waals surface area contributed by atoms with Crippen LogP contribution in [0.5, 0.6) is 0 Å². The maximum atomic E-state index is 11.0. The molecule has 0 aliphatic carbocycles. The van der Waals surface area contributed by atoms with Gasteiger partial charge in [-0.25, -0.2) is 0 Å². The first-order chi connectivity index (χ1) is 8.33. The minimum atomic E-state index is -0.0186. The second-order valence-corrected chi connectivity index (χ2v) is 3.99. The monoisotopic (exact) mass is 225 g/mol. The number of hydrogen-bond acceptors (Lipinski definition) is 1. The summed E-state index contributed by atoms with van der Waals surface area (Å²) in [5.74, 6) is 0. The molecule has 0 saturated heterocycles. The molecule has 0 heterocycles. The lowest BCUT2D eigenvalue weighted by Gasteiger charge is -2.25. The molecule has 2 aromatic carbocycles. The van der Waals surface area contributed by atoms with Crippen molar-refractivity contribution in [3.63, 3.8) is 0 Å². The quantitative estimate of drug-likeness (QED) is 0.733. The maximum Gasteiger partial charge on any atom is 0.210 e. The number of rotatable bonds is 4. The van der Waals surface area contributed by atoms with Crippen LogP contribution < -0.4 is 0 Å². The minimum absolute atomic E-state index is 0.0186. The van der Waals surface area contributed by atoms with Crippen LogP contribution in [0.1, 0.15) is 17.2 Å². The highest BCUT2D eigenvalue weighted by Gasteiger charge is 2.17. The highest BCUT2D eigenvalue weighted by Crippen LogP contribution is 2.26. The fourth-order valence-electron chi connectivity index (χ4n) is 1.99. The molecule has 0 N–H and O–H groups in total. The summed E-state index contributed by atoms with van der Waals surface area (Å²) >= 11 is 0. The Morgan fingerprint density at radius 2 is 1.29 bits per heavy atom. The Kier molecular flexibility index (Phi) is 3.55. The van der Waals surface area contributed by atoms with Crippen molar-refractivity contribution in [2.24, 2.45) is 0 Å². The molecule has 2 aromatic rings. The first kappa shape index (κ1) is 11.4. The summed E-state index contributed by atoms with van der Waals surface area (Å²) in [6.07, 6.45) is 0.866. The van der Waals surface area contributed by atoms with Gasteiger partial charge in [-0.15, -0.1) is 0 Å². The van der Waals surface area contributed by atoms with Crippen molar-refractivity contribution in [3.8, 4) is 0 Å². The molecular formula is C15H15NO. The fourth-order valence-corrected chi connectivity index (χ4v) is 1.99. The van der Waals surface area contributed by atoms with Crippen LogP contribution in [0.3, 0.4) is 0 Å². The molecule has 0 fully saturated rings. The molecule has 1 amide bonds. The van der Waals surface area contributed by atoms with Crippen molar-refractivity contribution in [1.29, 1.82) is 0 Å². The van der Waals surface area contributed by atoms with Crippen LogP contribution in [0, 0.1) is 0 Å². The molecule has 2 nitrogen and oxygen atoms in total. The molecule has 0 aliphatic rings. The van der Waals surface area contributed by atoms with Gasteiger partial charge < -0.3 is 4.90 Å². The molecule has 86 valence electrons. The second kappa shape index (κ2) is 5.30. The number of hydrogen-bond donors (Lipinski definition) is 0. The standard InChI is InChI=1S/C15H15NO/c1-16(12-17)15(13-8-4-2-5-9-13)14-10-6-3-7-11-14/h2-12,15H,1H3. The Hall–Kier alpha value is -2.09.